The predicted molar refractivity (Wildman–Crippen MR) is 60.6 cm³/mol. The van der Waals surface area contributed by atoms with Crippen LogP contribution in [0.3, 0.4) is 0 Å². The van der Waals surface area contributed by atoms with E-state index in [4.69, 9.17) is 0 Å². The molecule has 0 spiro atoms. The van der Waals surface area contributed by atoms with Gasteiger partial charge in [-0.25, -0.2) is 0 Å². The Morgan fingerprint density at radius 2 is 2.00 bits per heavy atom. The molecule has 0 saturated carbocycles. The van der Waals surface area contributed by atoms with Gasteiger partial charge >= 0.3 is 0 Å². The molecular weight excluding hydrogens is 262 g/mol. The summed E-state index contributed by atoms with van der Waals surface area (Å²) < 4.78 is 5.20. The second kappa shape index (κ2) is 4.02. The minimum Gasteiger partial charge on any atom is -0.298 e. The number of aromatic nitrogens is 1. The summed E-state index contributed by atoms with van der Waals surface area (Å²) in [5.41, 5.74) is 2.38. The van der Waals surface area contributed by atoms with Gasteiger partial charge in [0.05, 0.1) is 11.3 Å². The van der Waals surface area contributed by atoms with Gasteiger partial charge in [0.1, 0.15) is 0 Å². The summed E-state index contributed by atoms with van der Waals surface area (Å²) in [4.78, 5) is 10.7. The van der Waals surface area contributed by atoms with Crippen molar-refractivity contribution in [1.29, 1.82) is 0 Å². The van der Waals surface area contributed by atoms with E-state index in [2.05, 4.69) is 20.3 Å². The quantitative estimate of drug-likeness (QED) is 0.781. The minimum absolute atomic E-state index is 0.650. The van der Waals surface area contributed by atoms with Crippen molar-refractivity contribution in [3.63, 3.8) is 0 Å². The van der Waals surface area contributed by atoms with Gasteiger partial charge in [-0.2, -0.15) is 4.37 Å². The highest BCUT2D eigenvalue weighted by molar-refractivity contribution is 9.10. The maximum absolute atomic E-state index is 10.7. The molecule has 0 aliphatic heterocycles. The van der Waals surface area contributed by atoms with Gasteiger partial charge in [0.25, 0.3) is 0 Å². The van der Waals surface area contributed by atoms with E-state index >= 15 is 0 Å². The van der Waals surface area contributed by atoms with Gasteiger partial charge in [0, 0.05) is 15.4 Å². The lowest BCUT2D eigenvalue weighted by atomic mass is 10.1. The zero-order valence-corrected chi connectivity index (χ0v) is 9.51. The summed E-state index contributed by atoms with van der Waals surface area (Å²) in [5, 5.41) is 1.75. The maximum atomic E-state index is 10.7. The SMILES string of the molecule is O=Cc1csnc1-c1ccc(Br)cc1. The normalized spacial score (nSPS) is 10.1. The third kappa shape index (κ3) is 1.76. The standard InChI is InChI=1S/C10H6BrNOS/c11-9-3-1-7(2-4-9)10-8(5-13)6-14-12-10/h1-6H. The largest absolute Gasteiger partial charge is 0.298 e. The van der Waals surface area contributed by atoms with Gasteiger partial charge in [-0.1, -0.05) is 28.1 Å². The second-order valence-electron chi connectivity index (χ2n) is 2.74. The molecule has 4 heteroatoms. The summed E-state index contributed by atoms with van der Waals surface area (Å²) in [6.45, 7) is 0. The summed E-state index contributed by atoms with van der Waals surface area (Å²) >= 11 is 4.65. The average molecular weight is 268 g/mol. The molecule has 0 radical (unpaired) electrons. The first-order valence-corrected chi connectivity index (χ1v) is 5.59. The van der Waals surface area contributed by atoms with Crippen LogP contribution < -0.4 is 0 Å². The number of nitrogens with zero attached hydrogens (tertiary/aromatic N) is 1. The van der Waals surface area contributed by atoms with Crippen LogP contribution in [0.1, 0.15) is 10.4 Å². The fourth-order valence-electron chi connectivity index (χ4n) is 1.16. The van der Waals surface area contributed by atoms with Crippen molar-refractivity contribution in [2.75, 3.05) is 0 Å². The van der Waals surface area contributed by atoms with E-state index in [0.717, 1.165) is 22.0 Å². The Hall–Kier alpha value is -1.00. The lowest BCUT2D eigenvalue weighted by Crippen LogP contribution is -1.83. The molecule has 1 aromatic carbocycles. The maximum Gasteiger partial charge on any atom is 0.153 e. The summed E-state index contributed by atoms with van der Waals surface area (Å²) in [7, 11) is 0. The molecule has 0 saturated heterocycles. The monoisotopic (exact) mass is 267 g/mol. The Labute approximate surface area is 93.9 Å². The Kier molecular flexibility index (Phi) is 2.74. The number of aldehydes is 1. The van der Waals surface area contributed by atoms with Crippen LogP contribution in [0, 0.1) is 0 Å². The van der Waals surface area contributed by atoms with Crippen molar-refractivity contribution in [1.82, 2.24) is 4.37 Å². The topological polar surface area (TPSA) is 30.0 Å². The lowest BCUT2D eigenvalue weighted by molar-refractivity contribution is 0.112. The molecule has 14 heavy (non-hydrogen) atoms. The molecule has 0 unspecified atom stereocenters. The minimum atomic E-state index is 0.650. The Morgan fingerprint density at radius 3 is 2.64 bits per heavy atom. The van der Waals surface area contributed by atoms with Crippen LogP contribution in [0.15, 0.2) is 34.1 Å². The highest BCUT2D eigenvalue weighted by atomic mass is 79.9. The third-order valence-corrected chi connectivity index (χ3v) is 3.02. The van der Waals surface area contributed by atoms with Crippen LogP contribution in [-0.4, -0.2) is 10.7 Å². The molecule has 0 bridgehead atoms. The molecule has 0 fully saturated rings. The van der Waals surface area contributed by atoms with Crippen LogP contribution in [-0.2, 0) is 0 Å². The molecule has 0 aliphatic rings. The zero-order valence-electron chi connectivity index (χ0n) is 7.11. The zero-order chi connectivity index (χ0) is 9.97. The van der Waals surface area contributed by atoms with Gasteiger partial charge in [-0.15, -0.1) is 0 Å². The highest BCUT2D eigenvalue weighted by Gasteiger charge is 2.06. The Balaban J connectivity index is 2.49. The van der Waals surface area contributed by atoms with E-state index in [1.807, 2.05) is 24.3 Å². The molecule has 2 aromatic rings. The number of halogens is 1. The van der Waals surface area contributed by atoms with E-state index < -0.39 is 0 Å². The average Bonchev–Trinajstić information content (AvgIpc) is 2.67. The molecule has 0 atom stereocenters. The number of carbonyl (C=O) groups excluding carboxylic acids is 1. The van der Waals surface area contributed by atoms with E-state index in [0.29, 0.717) is 5.56 Å². The van der Waals surface area contributed by atoms with Crippen molar-refractivity contribution in [3.8, 4) is 11.3 Å². The summed E-state index contributed by atoms with van der Waals surface area (Å²) in [6, 6.07) is 7.74. The molecule has 70 valence electrons. The number of rotatable bonds is 2. The molecular formula is C10H6BrNOS. The lowest BCUT2D eigenvalue weighted by Gasteiger charge is -1.97. The molecule has 2 rings (SSSR count). The molecule has 0 amide bonds. The summed E-state index contributed by atoms with van der Waals surface area (Å²) in [5.74, 6) is 0. The first kappa shape index (κ1) is 9.55. The molecule has 1 aromatic heterocycles. The van der Waals surface area contributed by atoms with E-state index in [1.165, 1.54) is 11.5 Å². The van der Waals surface area contributed by atoms with Crippen LogP contribution in [0.5, 0.6) is 0 Å². The van der Waals surface area contributed by atoms with E-state index in [1.54, 1.807) is 5.38 Å². The van der Waals surface area contributed by atoms with Crippen molar-refractivity contribution in [2.24, 2.45) is 0 Å². The fraction of sp³-hybridized carbons (Fsp3) is 0. The van der Waals surface area contributed by atoms with Crippen molar-refractivity contribution in [3.05, 3.63) is 39.7 Å². The Morgan fingerprint density at radius 1 is 1.29 bits per heavy atom. The van der Waals surface area contributed by atoms with Crippen LogP contribution in [0.2, 0.25) is 0 Å². The smallest absolute Gasteiger partial charge is 0.153 e. The molecule has 1 heterocycles. The van der Waals surface area contributed by atoms with Gasteiger partial charge in [0.2, 0.25) is 0 Å². The summed E-state index contributed by atoms with van der Waals surface area (Å²) in [6.07, 6.45) is 0.834. The van der Waals surface area contributed by atoms with Crippen LogP contribution >= 0.6 is 27.5 Å². The second-order valence-corrected chi connectivity index (χ2v) is 4.29. The van der Waals surface area contributed by atoms with Crippen LogP contribution in [0.4, 0.5) is 0 Å². The number of hydrogen-bond donors (Lipinski definition) is 0. The first-order chi connectivity index (χ1) is 6.81. The van der Waals surface area contributed by atoms with Crippen molar-refractivity contribution in [2.45, 2.75) is 0 Å². The number of carbonyl (C=O) groups is 1. The first-order valence-electron chi connectivity index (χ1n) is 3.97. The Bertz CT molecular complexity index is 449. The number of hydrogen-bond acceptors (Lipinski definition) is 3. The molecule has 0 aliphatic carbocycles. The molecule has 0 N–H and O–H groups in total. The third-order valence-electron chi connectivity index (χ3n) is 1.84. The van der Waals surface area contributed by atoms with E-state index in [-0.39, 0.29) is 0 Å². The van der Waals surface area contributed by atoms with E-state index in [9.17, 15) is 4.79 Å². The predicted octanol–water partition coefficient (Wildman–Crippen LogP) is 3.39. The van der Waals surface area contributed by atoms with Gasteiger partial charge < -0.3 is 0 Å². The fourth-order valence-corrected chi connectivity index (χ4v) is 2.07. The van der Waals surface area contributed by atoms with Crippen molar-refractivity contribution < 1.29 is 4.79 Å². The van der Waals surface area contributed by atoms with Gasteiger partial charge in [0.15, 0.2) is 6.29 Å². The van der Waals surface area contributed by atoms with Gasteiger partial charge in [-0.05, 0) is 23.7 Å². The highest BCUT2D eigenvalue weighted by Crippen LogP contribution is 2.24. The number of benzene rings is 1. The van der Waals surface area contributed by atoms with Crippen LogP contribution in [0.25, 0.3) is 11.3 Å². The van der Waals surface area contributed by atoms with Gasteiger partial charge in [-0.3, -0.25) is 4.79 Å². The molecule has 2 nitrogen and oxygen atoms in total. The van der Waals surface area contributed by atoms with Crippen molar-refractivity contribution >= 4 is 33.7 Å².